The minimum absolute atomic E-state index is 0.654. The summed E-state index contributed by atoms with van der Waals surface area (Å²) in [5.41, 5.74) is 3.01. The van der Waals surface area contributed by atoms with Gasteiger partial charge in [0.15, 0.2) is 5.65 Å². The number of nitrogens with one attached hydrogen (secondary N) is 1. The van der Waals surface area contributed by atoms with Crippen LogP contribution in [-0.4, -0.2) is 33.8 Å². The van der Waals surface area contributed by atoms with Crippen molar-refractivity contribution in [3.8, 4) is 0 Å². The van der Waals surface area contributed by atoms with Gasteiger partial charge in [0, 0.05) is 26.8 Å². The average Bonchev–Trinajstić information content (AvgIpc) is 2.81. The van der Waals surface area contributed by atoms with Crippen LogP contribution in [0.3, 0.4) is 0 Å². The minimum Gasteiger partial charge on any atom is -0.347 e. The molecule has 0 aliphatic rings. The lowest BCUT2D eigenvalue weighted by atomic mass is 10.2. The molecule has 2 aromatic heterocycles. The number of anilines is 3. The molecule has 108 valence electrons. The number of rotatable bonds is 3. The number of aryl methyl sites for hydroxylation is 2. The van der Waals surface area contributed by atoms with Crippen molar-refractivity contribution in [3.05, 3.63) is 36.0 Å². The van der Waals surface area contributed by atoms with Crippen molar-refractivity contribution in [2.45, 2.75) is 6.92 Å². The fraction of sp³-hybridized carbons (Fsp3) is 0.267. The van der Waals surface area contributed by atoms with Crippen molar-refractivity contribution >= 4 is 28.5 Å². The number of fused-ring (bicyclic) bond motifs is 1. The molecule has 2 heterocycles. The Hall–Kier alpha value is -2.63. The maximum absolute atomic E-state index is 4.59. The third-order valence-corrected chi connectivity index (χ3v) is 3.26. The highest BCUT2D eigenvalue weighted by atomic mass is 15.3. The third-order valence-electron chi connectivity index (χ3n) is 3.26. The van der Waals surface area contributed by atoms with E-state index in [-0.39, 0.29) is 0 Å². The maximum atomic E-state index is 4.59. The molecule has 0 bridgehead atoms. The lowest BCUT2D eigenvalue weighted by Gasteiger charge is -2.13. The predicted molar refractivity (Wildman–Crippen MR) is 85.1 cm³/mol. The van der Waals surface area contributed by atoms with Crippen LogP contribution in [0.4, 0.5) is 17.5 Å². The summed E-state index contributed by atoms with van der Waals surface area (Å²) in [6.07, 6.45) is 1.78. The fourth-order valence-electron chi connectivity index (χ4n) is 2.17. The smallest absolute Gasteiger partial charge is 0.228 e. The second-order valence-corrected chi connectivity index (χ2v) is 5.27. The topological polar surface area (TPSA) is 58.9 Å². The molecule has 0 amide bonds. The fourth-order valence-corrected chi connectivity index (χ4v) is 2.17. The third kappa shape index (κ3) is 2.52. The molecule has 3 aromatic rings. The van der Waals surface area contributed by atoms with Gasteiger partial charge in [0.25, 0.3) is 0 Å². The lowest BCUT2D eigenvalue weighted by molar-refractivity contribution is 0.784. The van der Waals surface area contributed by atoms with E-state index in [1.165, 1.54) is 5.56 Å². The van der Waals surface area contributed by atoms with Crippen LogP contribution in [0.2, 0.25) is 0 Å². The molecule has 0 aliphatic heterocycles. The normalized spacial score (nSPS) is 10.9. The predicted octanol–water partition coefficient (Wildman–Crippen LogP) is 2.48. The molecule has 0 aliphatic carbocycles. The standard InChI is InChI=1S/C15H18N6/c1-10-6-5-7-11(8-10)17-13-12-9-16-21(4)14(12)19-15(18-13)20(2)3/h5-9H,1-4H3,(H,17,18,19). The number of hydrogen-bond donors (Lipinski definition) is 1. The molecule has 0 atom stereocenters. The number of hydrogen-bond acceptors (Lipinski definition) is 5. The highest BCUT2D eigenvalue weighted by Crippen LogP contribution is 2.25. The Kier molecular flexibility index (Phi) is 3.21. The van der Waals surface area contributed by atoms with E-state index in [0.717, 1.165) is 22.5 Å². The molecule has 6 nitrogen and oxygen atoms in total. The molecule has 0 unspecified atom stereocenters. The Morgan fingerprint density at radius 1 is 1.19 bits per heavy atom. The maximum Gasteiger partial charge on any atom is 0.228 e. The summed E-state index contributed by atoms with van der Waals surface area (Å²) in [7, 11) is 5.73. The van der Waals surface area contributed by atoms with E-state index in [0.29, 0.717) is 5.95 Å². The first-order chi connectivity index (χ1) is 10.0. The Morgan fingerprint density at radius 3 is 2.71 bits per heavy atom. The van der Waals surface area contributed by atoms with E-state index in [1.807, 2.05) is 38.2 Å². The van der Waals surface area contributed by atoms with Crippen LogP contribution < -0.4 is 10.2 Å². The summed E-state index contributed by atoms with van der Waals surface area (Å²) < 4.78 is 1.76. The van der Waals surface area contributed by atoms with Crippen LogP contribution in [0.15, 0.2) is 30.5 Å². The highest BCUT2D eigenvalue weighted by Gasteiger charge is 2.12. The first-order valence-corrected chi connectivity index (χ1v) is 6.75. The van der Waals surface area contributed by atoms with Crippen molar-refractivity contribution in [3.63, 3.8) is 0 Å². The second kappa shape index (κ2) is 5.05. The average molecular weight is 282 g/mol. The Morgan fingerprint density at radius 2 is 2.00 bits per heavy atom. The van der Waals surface area contributed by atoms with E-state index in [1.54, 1.807) is 10.9 Å². The van der Waals surface area contributed by atoms with Crippen LogP contribution >= 0.6 is 0 Å². The van der Waals surface area contributed by atoms with Gasteiger partial charge in [0.05, 0.1) is 11.6 Å². The Labute approximate surface area is 123 Å². The second-order valence-electron chi connectivity index (χ2n) is 5.27. The number of benzene rings is 1. The summed E-state index contributed by atoms with van der Waals surface area (Å²) in [5, 5.41) is 8.54. The largest absolute Gasteiger partial charge is 0.347 e. The molecule has 0 saturated heterocycles. The van der Waals surface area contributed by atoms with Gasteiger partial charge in [-0.25, -0.2) is 0 Å². The van der Waals surface area contributed by atoms with Crippen molar-refractivity contribution in [1.29, 1.82) is 0 Å². The SMILES string of the molecule is Cc1cccc(Nc2nc(N(C)C)nc3c2cnn3C)c1. The monoisotopic (exact) mass is 282 g/mol. The summed E-state index contributed by atoms with van der Waals surface area (Å²) in [6.45, 7) is 2.07. The van der Waals surface area contributed by atoms with Crippen molar-refractivity contribution in [2.75, 3.05) is 24.3 Å². The lowest BCUT2D eigenvalue weighted by Crippen LogP contribution is -2.14. The van der Waals surface area contributed by atoms with Crippen molar-refractivity contribution in [2.24, 2.45) is 7.05 Å². The molecule has 1 N–H and O–H groups in total. The molecule has 0 spiro atoms. The van der Waals surface area contributed by atoms with Gasteiger partial charge >= 0.3 is 0 Å². The molecular formula is C15H18N6. The van der Waals surface area contributed by atoms with Crippen LogP contribution in [0.25, 0.3) is 11.0 Å². The van der Waals surface area contributed by atoms with Gasteiger partial charge in [-0.15, -0.1) is 0 Å². The molecule has 0 saturated carbocycles. The van der Waals surface area contributed by atoms with E-state index in [4.69, 9.17) is 0 Å². The van der Waals surface area contributed by atoms with E-state index < -0.39 is 0 Å². The number of nitrogens with zero attached hydrogens (tertiary/aromatic N) is 5. The van der Waals surface area contributed by atoms with Gasteiger partial charge in [-0.05, 0) is 24.6 Å². The highest BCUT2D eigenvalue weighted by molar-refractivity contribution is 5.89. The molecule has 21 heavy (non-hydrogen) atoms. The summed E-state index contributed by atoms with van der Waals surface area (Å²) in [4.78, 5) is 11.0. The van der Waals surface area contributed by atoms with Crippen molar-refractivity contribution in [1.82, 2.24) is 19.7 Å². The molecule has 6 heteroatoms. The van der Waals surface area contributed by atoms with Gasteiger partial charge in [0.1, 0.15) is 5.82 Å². The van der Waals surface area contributed by atoms with Gasteiger partial charge in [0.2, 0.25) is 5.95 Å². The molecule has 0 fully saturated rings. The first-order valence-electron chi connectivity index (χ1n) is 6.75. The Balaban J connectivity index is 2.12. The molecule has 0 radical (unpaired) electrons. The summed E-state index contributed by atoms with van der Waals surface area (Å²) in [5.74, 6) is 1.42. The van der Waals surface area contributed by atoms with Gasteiger partial charge < -0.3 is 10.2 Å². The van der Waals surface area contributed by atoms with Crippen molar-refractivity contribution < 1.29 is 0 Å². The van der Waals surface area contributed by atoms with Gasteiger partial charge in [-0.2, -0.15) is 15.1 Å². The zero-order chi connectivity index (χ0) is 15.0. The van der Waals surface area contributed by atoms with E-state index >= 15 is 0 Å². The first kappa shape index (κ1) is 13.4. The van der Waals surface area contributed by atoms with Crippen LogP contribution in [-0.2, 0) is 7.05 Å². The summed E-state index contributed by atoms with van der Waals surface area (Å²) >= 11 is 0. The minimum atomic E-state index is 0.654. The molecule has 3 rings (SSSR count). The van der Waals surface area contributed by atoms with Crippen LogP contribution in [0.5, 0.6) is 0 Å². The van der Waals surface area contributed by atoms with Crippen LogP contribution in [0, 0.1) is 6.92 Å². The summed E-state index contributed by atoms with van der Waals surface area (Å²) in [6, 6.07) is 8.19. The quantitative estimate of drug-likeness (QED) is 0.799. The van der Waals surface area contributed by atoms with E-state index in [2.05, 4.69) is 39.4 Å². The number of aromatic nitrogens is 4. The zero-order valence-electron chi connectivity index (χ0n) is 12.6. The molecular weight excluding hydrogens is 264 g/mol. The molecule has 1 aromatic carbocycles. The van der Waals surface area contributed by atoms with Gasteiger partial charge in [-0.3, -0.25) is 4.68 Å². The Bertz CT molecular complexity index is 790. The van der Waals surface area contributed by atoms with Gasteiger partial charge in [-0.1, -0.05) is 12.1 Å². The van der Waals surface area contributed by atoms with E-state index in [9.17, 15) is 0 Å². The zero-order valence-corrected chi connectivity index (χ0v) is 12.6. The van der Waals surface area contributed by atoms with Crippen LogP contribution in [0.1, 0.15) is 5.56 Å².